The van der Waals surface area contributed by atoms with Crippen LogP contribution < -0.4 is 4.74 Å². The summed E-state index contributed by atoms with van der Waals surface area (Å²) in [6.07, 6.45) is -4.05. The van der Waals surface area contributed by atoms with Crippen molar-refractivity contribution in [1.82, 2.24) is 4.90 Å². The van der Waals surface area contributed by atoms with Gasteiger partial charge in [-0.1, -0.05) is 37.3 Å². The minimum Gasteiger partial charge on any atom is -0.464 e. The number of aliphatic hydroxyl groups is 3. The summed E-state index contributed by atoms with van der Waals surface area (Å²) in [6, 6.07) is 14.6. The second-order valence-corrected chi connectivity index (χ2v) is 7.46. The fourth-order valence-corrected chi connectivity index (χ4v) is 3.37. The number of hydrogen-bond acceptors (Lipinski definition) is 6. The first-order chi connectivity index (χ1) is 13.8. The van der Waals surface area contributed by atoms with Crippen molar-refractivity contribution in [2.75, 3.05) is 20.7 Å². The van der Waals surface area contributed by atoms with Gasteiger partial charge < -0.3 is 29.7 Å². The molecule has 0 bridgehead atoms. The fourth-order valence-electron chi connectivity index (χ4n) is 3.37. The van der Waals surface area contributed by atoms with Crippen LogP contribution in [0.4, 0.5) is 0 Å². The van der Waals surface area contributed by atoms with Gasteiger partial charge in [-0.2, -0.15) is 0 Å². The third-order valence-corrected chi connectivity index (χ3v) is 5.14. The maximum atomic E-state index is 12.3. The molecule has 2 aromatic rings. The normalized spacial score (nSPS) is 26.8. The van der Waals surface area contributed by atoms with Gasteiger partial charge in [-0.15, -0.1) is 0 Å². The van der Waals surface area contributed by atoms with Gasteiger partial charge in [0.15, 0.2) is 0 Å². The van der Waals surface area contributed by atoms with Gasteiger partial charge in [-0.3, -0.25) is 4.79 Å². The molecule has 3 rings (SSSR count). The van der Waals surface area contributed by atoms with Crippen molar-refractivity contribution in [1.29, 1.82) is 0 Å². The van der Waals surface area contributed by atoms with Crippen LogP contribution in [0.5, 0.6) is 5.75 Å². The fraction of sp³-hybridized carbons (Fsp3) is 0.409. The molecule has 1 amide bonds. The Morgan fingerprint density at radius 1 is 1.10 bits per heavy atom. The zero-order chi connectivity index (χ0) is 21.1. The van der Waals surface area contributed by atoms with Gasteiger partial charge in [0.1, 0.15) is 18.0 Å². The molecule has 0 spiro atoms. The van der Waals surface area contributed by atoms with Gasteiger partial charge in [-0.05, 0) is 23.8 Å². The van der Waals surface area contributed by atoms with Crippen molar-refractivity contribution < 1.29 is 29.6 Å². The molecule has 1 heterocycles. The lowest BCUT2D eigenvalue weighted by Gasteiger charge is -2.40. The number of rotatable bonds is 5. The van der Waals surface area contributed by atoms with E-state index in [1.54, 1.807) is 39.2 Å². The Bertz CT molecular complexity index is 853. The smallest absolute Gasteiger partial charge is 0.253 e. The molecule has 29 heavy (non-hydrogen) atoms. The van der Waals surface area contributed by atoms with E-state index >= 15 is 0 Å². The highest BCUT2D eigenvalue weighted by Crippen LogP contribution is 2.34. The van der Waals surface area contributed by atoms with Crippen molar-refractivity contribution in [3.63, 3.8) is 0 Å². The zero-order valence-corrected chi connectivity index (χ0v) is 16.7. The molecule has 0 aromatic heterocycles. The maximum Gasteiger partial charge on any atom is 0.253 e. The summed E-state index contributed by atoms with van der Waals surface area (Å²) in [7, 11) is 3.40. The van der Waals surface area contributed by atoms with Crippen molar-refractivity contribution >= 4 is 5.91 Å². The Morgan fingerprint density at radius 2 is 1.83 bits per heavy atom. The number of carbonyl (C=O) groups excluding carboxylic acids is 1. The Hall–Kier alpha value is -2.45. The van der Waals surface area contributed by atoms with E-state index in [4.69, 9.17) is 9.47 Å². The lowest BCUT2D eigenvalue weighted by Crippen LogP contribution is -2.56. The lowest BCUT2D eigenvalue weighted by atomic mass is 9.92. The van der Waals surface area contributed by atoms with Gasteiger partial charge in [0.2, 0.25) is 6.29 Å². The van der Waals surface area contributed by atoms with Crippen LogP contribution in [-0.4, -0.2) is 71.4 Å². The van der Waals surface area contributed by atoms with Crippen LogP contribution in [0.3, 0.4) is 0 Å². The summed E-state index contributed by atoms with van der Waals surface area (Å²) in [5.41, 5.74) is 2.12. The molecular weight excluding hydrogens is 374 g/mol. The van der Waals surface area contributed by atoms with E-state index in [1.807, 2.05) is 30.3 Å². The standard InChI is InChI=1S/C22H27NO6/c1-13-19(25)20(26)18(12-24)29-22(13)28-17-10-5-4-9-16(17)14-7-6-8-15(11-14)21(27)23(2)3/h4-11,13,18-20,22,24-26H,12H2,1-3H3/t13?,18?,19-,20+,22-/m1/s1. The molecule has 2 aromatic carbocycles. The number of ether oxygens (including phenoxy) is 2. The highest BCUT2D eigenvalue weighted by atomic mass is 16.7. The van der Waals surface area contributed by atoms with E-state index < -0.39 is 37.1 Å². The van der Waals surface area contributed by atoms with Crippen molar-refractivity contribution in [2.24, 2.45) is 5.92 Å². The molecule has 156 valence electrons. The quantitative estimate of drug-likeness (QED) is 0.702. The average Bonchev–Trinajstić information content (AvgIpc) is 2.74. The van der Waals surface area contributed by atoms with Crippen molar-refractivity contribution in [3.05, 3.63) is 54.1 Å². The molecule has 7 heteroatoms. The van der Waals surface area contributed by atoms with Gasteiger partial charge in [0, 0.05) is 31.1 Å². The third-order valence-electron chi connectivity index (χ3n) is 5.14. The van der Waals surface area contributed by atoms with Crippen LogP contribution >= 0.6 is 0 Å². The first kappa shape index (κ1) is 21.3. The first-order valence-corrected chi connectivity index (χ1v) is 9.53. The molecular formula is C22H27NO6. The van der Waals surface area contributed by atoms with E-state index in [-0.39, 0.29) is 5.91 Å². The number of hydrogen-bond donors (Lipinski definition) is 3. The summed E-state index contributed by atoms with van der Waals surface area (Å²) < 4.78 is 11.7. The Kier molecular flexibility index (Phi) is 6.54. The van der Waals surface area contributed by atoms with Gasteiger partial charge in [-0.25, -0.2) is 0 Å². The molecule has 0 radical (unpaired) electrons. The Balaban J connectivity index is 1.90. The molecule has 0 saturated carbocycles. The number of nitrogens with zero attached hydrogens (tertiary/aromatic N) is 1. The Morgan fingerprint density at radius 3 is 2.52 bits per heavy atom. The Labute approximate surface area is 170 Å². The molecule has 1 saturated heterocycles. The van der Waals surface area contributed by atoms with Gasteiger partial charge >= 0.3 is 0 Å². The van der Waals surface area contributed by atoms with Crippen molar-refractivity contribution in [3.8, 4) is 16.9 Å². The topological polar surface area (TPSA) is 99.5 Å². The molecule has 1 fully saturated rings. The molecule has 5 atom stereocenters. The van der Waals surface area contributed by atoms with Crippen LogP contribution in [0.1, 0.15) is 17.3 Å². The number of para-hydroxylation sites is 1. The van der Waals surface area contributed by atoms with Crippen LogP contribution in [0, 0.1) is 5.92 Å². The molecule has 7 nitrogen and oxygen atoms in total. The second kappa shape index (κ2) is 8.92. The van der Waals surface area contributed by atoms with Crippen molar-refractivity contribution in [2.45, 2.75) is 31.5 Å². The summed E-state index contributed by atoms with van der Waals surface area (Å²) >= 11 is 0. The second-order valence-electron chi connectivity index (χ2n) is 7.46. The summed E-state index contributed by atoms with van der Waals surface area (Å²) in [6.45, 7) is 1.28. The van der Waals surface area contributed by atoms with E-state index in [0.717, 1.165) is 11.1 Å². The van der Waals surface area contributed by atoms with Crippen LogP contribution in [0.15, 0.2) is 48.5 Å². The van der Waals surface area contributed by atoms with Gasteiger partial charge in [0.05, 0.1) is 12.7 Å². The van der Waals surface area contributed by atoms with Gasteiger partial charge in [0.25, 0.3) is 5.91 Å². The van der Waals surface area contributed by atoms with E-state index in [0.29, 0.717) is 11.3 Å². The minimum absolute atomic E-state index is 0.0996. The van der Waals surface area contributed by atoms with E-state index in [2.05, 4.69) is 0 Å². The number of carbonyl (C=O) groups is 1. The largest absolute Gasteiger partial charge is 0.464 e. The number of benzene rings is 2. The van der Waals surface area contributed by atoms with Crippen LogP contribution in [0.2, 0.25) is 0 Å². The lowest BCUT2D eigenvalue weighted by molar-refractivity contribution is -0.256. The SMILES string of the molecule is CC1[C@H](Oc2ccccc2-c2cccc(C(=O)N(C)C)c2)OC(CO)[C@H](O)[C@@H]1O. The van der Waals surface area contributed by atoms with E-state index in [9.17, 15) is 20.1 Å². The number of amides is 1. The van der Waals surface area contributed by atoms with Crippen LogP contribution in [0.25, 0.3) is 11.1 Å². The molecule has 1 aliphatic heterocycles. The zero-order valence-electron chi connectivity index (χ0n) is 16.7. The summed E-state index contributed by atoms with van der Waals surface area (Å²) in [5, 5.41) is 29.7. The predicted octanol–water partition coefficient (Wildman–Crippen LogP) is 1.51. The molecule has 1 aliphatic rings. The maximum absolute atomic E-state index is 12.3. The predicted molar refractivity (Wildman–Crippen MR) is 107 cm³/mol. The highest BCUT2D eigenvalue weighted by molar-refractivity contribution is 5.95. The van der Waals surface area contributed by atoms with Crippen LogP contribution in [-0.2, 0) is 4.74 Å². The molecule has 2 unspecified atom stereocenters. The number of aliphatic hydroxyl groups excluding tert-OH is 3. The molecule has 0 aliphatic carbocycles. The molecule has 3 N–H and O–H groups in total. The first-order valence-electron chi connectivity index (χ1n) is 9.53. The summed E-state index contributed by atoms with van der Waals surface area (Å²) in [5.74, 6) is -0.0982. The third kappa shape index (κ3) is 4.43. The summed E-state index contributed by atoms with van der Waals surface area (Å²) in [4.78, 5) is 13.8. The van der Waals surface area contributed by atoms with E-state index in [1.165, 1.54) is 4.90 Å². The average molecular weight is 401 g/mol. The minimum atomic E-state index is -1.18. The monoisotopic (exact) mass is 401 g/mol. The highest BCUT2D eigenvalue weighted by Gasteiger charge is 2.43.